The maximum absolute atomic E-state index is 12.4. The third-order valence-corrected chi connectivity index (χ3v) is 4.18. The third-order valence-electron chi connectivity index (χ3n) is 3.94. The lowest BCUT2D eigenvalue weighted by molar-refractivity contribution is -0.115. The van der Waals surface area contributed by atoms with E-state index in [1.54, 1.807) is 50.8 Å². The first-order valence-electron chi connectivity index (χ1n) is 8.08. The highest BCUT2D eigenvalue weighted by atomic mass is 35.5. The number of rotatable bonds is 4. The number of carbonyl (C=O) groups excluding carboxylic acids is 2. The van der Waals surface area contributed by atoms with Gasteiger partial charge in [-0.25, -0.2) is 0 Å². The molecule has 132 valence electrons. The van der Waals surface area contributed by atoms with Gasteiger partial charge in [0.05, 0.1) is 18.3 Å². The number of nitrogens with one attached hydrogen (secondary N) is 1. The van der Waals surface area contributed by atoms with Crippen LogP contribution in [0.25, 0.3) is 10.8 Å². The Labute approximate surface area is 156 Å². The van der Waals surface area contributed by atoms with Gasteiger partial charge in [-0.1, -0.05) is 29.8 Å². The van der Waals surface area contributed by atoms with Gasteiger partial charge in [-0.05, 0) is 29.8 Å². The molecule has 6 heteroatoms. The molecule has 1 heterocycles. The highest BCUT2D eigenvalue weighted by Gasteiger charge is 2.12. The summed E-state index contributed by atoms with van der Waals surface area (Å²) in [6.07, 6.45) is 3.49. The van der Waals surface area contributed by atoms with Gasteiger partial charge in [0.15, 0.2) is 0 Å². The van der Waals surface area contributed by atoms with E-state index in [2.05, 4.69) is 10.3 Å². The zero-order chi connectivity index (χ0) is 18.7. The van der Waals surface area contributed by atoms with Gasteiger partial charge in [-0.3, -0.25) is 14.6 Å². The van der Waals surface area contributed by atoms with E-state index in [0.717, 1.165) is 16.3 Å². The second-order valence-corrected chi connectivity index (χ2v) is 6.61. The van der Waals surface area contributed by atoms with Crippen LogP contribution in [0.4, 0.5) is 5.69 Å². The number of fused-ring (bicyclic) bond motifs is 1. The van der Waals surface area contributed by atoms with Crippen molar-refractivity contribution in [3.63, 3.8) is 0 Å². The lowest BCUT2D eigenvalue weighted by Crippen LogP contribution is -2.21. The molecule has 5 nitrogen and oxygen atoms in total. The van der Waals surface area contributed by atoms with Gasteiger partial charge >= 0.3 is 0 Å². The van der Waals surface area contributed by atoms with Crippen LogP contribution >= 0.6 is 11.6 Å². The predicted molar refractivity (Wildman–Crippen MR) is 104 cm³/mol. The molecule has 3 rings (SSSR count). The molecule has 0 saturated carbocycles. The Morgan fingerprint density at radius 3 is 2.65 bits per heavy atom. The number of hydrogen-bond acceptors (Lipinski definition) is 3. The second-order valence-electron chi connectivity index (χ2n) is 6.18. The molecule has 0 bridgehead atoms. The number of hydrogen-bond donors (Lipinski definition) is 1. The molecular weight excluding hydrogens is 350 g/mol. The number of anilines is 1. The molecule has 2 amide bonds. The fraction of sp³-hybridized carbons (Fsp3) is 0.150. The standard InChI is InChI=1S/C20H18ClN3O2/c1-24(2)20(26)14-6-7-15-11-22-12-18(17(15)10-14)23-19(25)9-13-4-3-5-16(21)8-13/h3-8,10-12H,9H2,1-2H3,(H,23,25). The Kier molecular flexibility index (Phi) is 5.19. The minimum absolute atomic E-state index is 0.0973. The van der Waals surface area contributed by atoms with Crippen molar-refractivity contribution < 1.29 is 9.59 Å². The molecule has 0 fully saturated rings. The smallest absolute Gasteiger partial charge is 0.253 e. The first-order chi connectivity index (χ1) is 12.4. The highest BCUT2D eigenvalue weighted by molar-refractivity contribution is 6.30. The Hall–Kier alpha value is -2.92. The lowest BCUT2D eigenvalue weighted by atomic mass is 10.1. The van der Waals surface area contributed by atoms with Crippen LogP contribution in [0.2, 0.25) is 5.02 Å². The molecule has 0 unspecified atom stereocenters. The Morgan fingerprint density at radius 1 is 1.12 bits per heavy atom. The van der Waals surface area contributed by atoms with E-state index < -0.39 is 0 Å². The van der Waals surface area contributed by atoms with Gasteiger partial charge in [-0.15, -0.1) is 0 Å². The zero-order valence-electron chi connectivity index (χ0n) is 14.5. The molecule has 26 heavy (non-hydrogen) atoms. The molecule has 0 radical (unpaired) electrons. The summed E-state index contributed by atoms with van der Waals surface area (Å²) in [5.41, 5.74) is 1.95. The molecule has 2 aromatic carbocycles. The van der Waals surface area contributed by atoms with Crippen LogP contribution in [0.3, 0.4) is 0 Å². The number of nitrogens with zero attached hydrogens (tertiary/aromatic N) is 2. The van der Waals surface area contributed by atoms with Crippen molar-refractivity contribution in [3.05, 3.63) is 71.0 Å². The third kappa shape index (κ3) is 4.00. The first-order valence-corrected chi connectivity index (χ1v) is 8.45. The summed E-state index contributed by atoms with van der Waals surface area (Å²) in [7, 11) is 3.40. The molecule has 0 saturated heterocycles. The van der Waals surface area contributed by atoms with Crippen LogP contribution in [-0.4, -0.2) is 35.8 Å². The van der Waals surface area contributed by atoms with E-state index in [1.807, 2.05) is 18.2 Å². The van der Waals surface area contributed by atoms with Crippen molar-refractivity contribution in [1.29, 1.82) is 0 Å². The van der Waals surface area contributed by atoms with Gasteiger partial charge in [0.1, 0.15) is 0 Å². The molecule has 0 atom stereocenters. The summed E-state index contributed by atoms with van der Waals surface area (Å²) in [5.74, 6) is -0.272. The van der Waals surface area contributed by atoms with Crippen LogP contribution in [0.1, 0.15) is 15.9 Å². The summed E-state index contributed by atoms with van der Waals surface area (Å²) in [6, 6.07) is 12.5. The number of pyridine rings is 1. The van der Waals surface area contributed by atoms with Crippen molar-refractivity contribution in [2.24, 2.45) is 0 Å². The van der Waals surface area contributed by atoms with E-state index in [9.17, 15) is 9.59 Å². The predicted octanol–water partition coefficient (Wildman–Crippen LogP) is 3.77. The van der Waals surface area contributed by atoms with Crippen molar-refractivity contribution in [1.82, 2.24) is 9.88 Å². The summed E-state index contributed by atoms with van der Waals surface area (Å²) >= 11 is 5.96. The van der Waals surface area contributed by atoms with Crippen LogP contribution in [0, 0.1) is 0 Å². The number of benzene rings is 2. The Bertz CT molecular complexity index is 986. The van der Waals surface area contributed by atoms with Crippen molar-refractivity contribution >= 4 is 39.9 Å². The molecule has 0 aliphatic rings. The average Bonchev–Trinajstić information content (AvgIpc) is 2.61. The van der Waals surface area contributed by atoms with E-state index in [-0.39, 0.29) is 18.2 Å². The van der Waals surface area contributed by atoms with Gasteiger partial charge in [0.25, 0.3) is 5.91 Å². The Balaban J connectivity index is 1.88. The Morgan fingerprint density at radius 2 is 1.92 bits per heavy atom. The molecule has 0 aliphatic carbocycles. The van der Waals surface area contributed by atoms with Crippen molar-refractivity contribution in [3.8, 4) is 0 Å². The summed E-state index contributed by atoms with van der Waals surface area (Å²) < 4.78 is 0. The van der Waals surface area contributed by atoms with E-state index in [1.165, 1.54) is 4.90 Å². The largest absolute Gasteiger partial charge is 0.345 e. The van der Waals surface area contributed by atoms with E-state index >= 15 is 0 Å². The van der Waals surface area contributed by atoms with Crippen LogP contribution in [0.15, 0.2) is 54.9 Å². The first kappa shape index (κ1) is 17.9. The van der Waals surface area contributed by atoms with Gasteiger partial charge in [0, 0.05) is 41.7 Å². The molecule has 3 aromatic rings. The van der Waals surface area contributed by atoms with Crippen LogP contribution in [-0.2, 0) is 11.2 Å². The van der Waals surface area contributed by atoms with Crippen molar-refractivity contribution in [2.75, 3.05) is 19.4 Å². The number of amides is 2. The quantitative estimate of drug-likeness (QED) is 0.763. The van der Waals surface area contributed by atoms with Crippen LogP contribution < -0.4 is 5.32 Å². The monoisotopic (exact) mass is 367 g/mol. The molecular formula is C20H18ClN3O2. The molecule has 0 spiro atoms. The summed E-state index contributed by atoms with van der Waals surface area (Å²) in [5, 5.41) is 5.09. The SMILES string of the molecule is CN(C)C(=O)c1ccc2cncc(NC(=O)Cc3cccc(Cl)c3)c2c1. The van der Waals surface area contributed by atoms with Crippen LogP contribution in [0.5, 0.6) is 0 Å². The molecule has 1 N–H and O–H groups in total. The minimum atomic E-state index is -0.175. The normalized spacial score (nSPS) is 10.6. The van der Waals surface area contributed by atoms with Crippen molar-refractivity contribution in [2.45, 2.75) is 6.42 Å². The fourth-order valence-electron chi connectivity index (χ4n) is 2.68. The maximum Gasteiger partial charge on any atom is 0.253 e. The summed E-state index contributed by atoms with van der Waals surface area (Å²) in [6.45, 7) is 0. The number of halogens is 1. The topological polar surface area (TPSA) is 62.3 Å². The van der Waals surface area contributed by atoms with E-state index in [4.69, 9.17) is 11.6 Å². The minimum Gasteiger partial charge on any atom is -0.345 e. The molecule has 1 aromatic heterocycles. The number of aromatic nitrogens is 1. The maximum atomic E-state index is 12.4. The summed E-state index contributed by atoms with van der Waals surface area (Å²) in [4.78, 5) is 30.3. The molecule has 0 aliphatic heterocycles. The lowest BCUT2D eigenvalue weighted by Gasteiger charge is -2.12. The highest BCUT2D eigenvalue weighted by Crippen LogP contribution is 2.24. The van der Waals surface area contributed by atoms with Gasteiger partial charge in [0.2, 0.25) is 5.91 Å². The van der Waals surface area contributed by atoms with Gasteiger partial charge in [-0.2, -0.15) is 0 Å². The average molecular weight is 368 g/mol. The van der Waals surface area contributed by atoms with Gasteiger partial charge < -0.3 is 10.2 Å². The second kappa shape index (κ2) is 7.54. The zero-order valence-corrected chi connectivity index (χ0v) is 15.2. The fourth-order valence-corrected chi connectivity index (χ4v) is 2.89. The number of carbonyl (C=O) groups is 2. The van der Waals surface area contributed by atoms with E-state index in [0.29, 0.717) is 16.3 Å².